The third-order valence-corrected chi connectivity index (χ3v) is 1.97. The molecular formula is C3H7N2O4S+. The van der Waals surface area contributed by atoms with Gasteiger partial charge in [-0.25, -0.2) is 0 Å². The van der Waals surface area contributed by atoms with Gasteiger partial charge in [0.1, 0.15) is 33.3 Å². The van der Waals surface area contributed by atoms with E-state index in [0.29, 0.717) is 0 Å². The highest BCUT2D eigenvalue weighted by Crippen LogP contribution is 2.00. The maximum absolute atomic E-state index is 9.95. The van der Waals surface area contributed by atoms with Crippen LogP contribution in [0.3, 0.4) is 0 Å². The van der Waals surface area contributed by atoms with E-state index >= 15 is 0 Å². The van der Waals surface area contributed by atoms with Crippen molar-refractivity contribution in [3.05, 3.63) is 20.2 Å². The molecule has 0 aromatic rings. The average molecular weight is 167 g/mol. The van der Waals surface area contributed by atoms with Gasteiger partial charge >= 0.3 is 5.50 Å². The summed E-state index contributed by atoms with van der Waals surface area (Å²) in [5.41, 5.74) is -1.64. The summed E-state index contributed by atoms with van der Waals surface area (Å²) in [6.07, 6.45) is 2.94. The lowest BCUT2D eigenvalue weighted by Gasteiger charge is -1.95. The molecule has 0 bridgehead atoms. The molecule has 7 heteroatoms. The van der Waals surface area contributed by atoms with E-state index in [-0.39, 0.29) is 0 Å². The molecule has 0 aliphatic carbocycles. The van der Waals surface area contributed by atoms with Crippen molar-refractivity contribution < 1.29 is 9.85 Å². The molecule has 0 aliphatic rings. The molecule has 0 radical (unpaired) electrons. The molecule has 0 aromatic heterocycles. The zero-order valence-electron chi connectivity index (χ0n) is 5.51. The first kappa shape index (κ1) is 9.15. The van der Waals surface area contributed by atoms with E-state index in [0.717, 1.165) is 0 Å². The van der Waals surface area contributed by atoms with Gasteiger partial charge in [0.2, 0.25) is 0 Å². The van der Waals surface area contributed by atoms with Crippen LogP contribution in [0.25, 0.3) is 0 Å². The van der Waals surface area contributed by atoms with Gasteiger partial charge in [0.15, 0.2) is 0 Å². The van der Waals surface area contributed by atoms with E-state index in [4.69, 9.17) is 0 Å². The second kappa shape index (κ2) is 3.35. The smallest absolute Gasteiger partial charge is 0.254 e. The Morgan fingerprint density at radius 2 is 1.50 bits per heavy atom. The fraction of sp³-hybridized carbons (Fsp3) is 1.00. The Bertz CT molecular complexity index is 145. The van der Waals surface area contributed by atoms with Crippen LogP contribution in [0.2, 0.25) is 0 Å². The molecule has 0 atom stereocenters. The maximum atomic E-state index is 9.95. The van der Waals surface area contributed by atoms with Gasteiger partial charge < -0.3 is 0 Å². The predicted octanol–water partition coefficient (Wildman–Crippen LogP) is -0.299. The predicted molar refractivity (Wildman–Crippen MR) is 37.0 cm³/mol. The van der Waals surface area contributed by atoms with E-state index in [2.05, 4.69) is 0 Å². The zero-order chi connectivity index (χ0) is 8.31. The van der Waals surface area contributed by atoms with Crippen molar-refractivity contribution in [2.75, 3.05) is 12.5 Å². The molecule has 0 heterocycles. The van der Waals surface area contributed by atoms with Gasteiger partial charge in [0, 0.05) is 0 Å². The summed E-state index contributed by atoms with van der Waals surface area (Å²) < 4.78 is 0. The quantitative estimate of drug-likeness (QED) is 0.250. The van der Waals surface area contributed by atoms with Crippen molar-refractivity contribution in [3.8, 4) is 0 Å². The third kappa shape index (κ3) is 2.18. The Labute approximate surface area is 59.9 Å². The number of hydrogen-bond donors (Lipinski definition) is 0. The summed E-state index contributed by atoms with van der Waals surface area (Å²) in [5, 5.41) is 19.9. The fourth-order valence-corrected chi connectivity index (χ4v) is 1.11. The average Bonchev–Trinajstić information content (AvgIpc) is 1.59. The highest BCUT2D eigenvalue weighted by atomic mass is 32.2. The number of nitro groups is 2. The van der Waals surface area contributed by atoms with Crippen molar-refractivity contribution in [2.45, 2.75) is 5.50 Å². The molecule has 0 saturated heterocycles. The van der Waals surface area contributed by atoms with E-state index in [9.17, 15) is 20.2 Å². The summed E-state index contributed by atoms with van der Waals surface area (Å²) in [6, 6.07) is 0. The molecule has 0 spiro atoms. The first-order valence-electron chi connectivity index (χ1n) is 2.30. The number of hydrogen-bond acceptors (Lipinski definition) is 4. The van der Waals surface area contributed by atoms with Gasteiger partial charge in [-0.1, -0.05) is 0 Å². The Kier molecular flexibility index (Phi) is 3.07. The lowest BCUT2D eigenvalue weighted by Crippen LogP contribution is -2.35. The molecule has 0 fully saturated rings. The monoisotopic (exact) mass is 167 g/mol. The highest BCUT2D eigenvalue weighted by Gasteiger charge is 2.44. The summed E-state index contributed by atoms with van der Waals surface area (Å²) in [7, 11) is -0.812. The SMILES string of the molecule is C[S+](C)C([N+](=O)[O-])[N+](=O)[O-]. The van der Waals surface area contributed by atoms with Crippen molar-refractivity contribution in [3.63, 3.8) is 0 Å². The fourth-order valence-electron chi connectivity index (χ4n) is 0.421. The molecule has 0 saturated carbocycles. The molecule has 10 heavy (non-hydrogen) atoms. The van der Waals surface area contributed by atoms with Gasteiger partial charge in [-0.15, -0.1) is 0 Å². The van der Waals surface area contributed by atoms with Crippen LogP contribution < -0.4 is 0 Å². The van der Waals surface area contributed by atoms with Crippen LogP contribution >= 0.6 is 0 Å². The van der Waals surface area contributed by atoms with Crippen LogP contribution in [0.5, 0.6) is 0 Å². The summed E-state index contributed by atoms with van der Waals surface area (Å²) in [6.45, 7) is 0. The molecule has 58 valence electrons. The Hall–Kier alpha value is -0.850. The highest BCUT2D eigenvalue weighted by molar-refractivity contribution is 7.95. The normalized spacial score (nSPS) is 10.4. The van der Waals surface area contributed by atoms with Crippen molar-refractivity contribution in [1.29, 1.82) is 0 Å². The molecular weight excluding hydrogens is 160 g/mol. The molecule has 0 unspecified atom stereocenters. The van der Waals surface area contributed by atoms with Crippen LogP contribution in [0.15, 0.2) is 0 Å². The lowest BCUT2D eigenvalue weighted by atomic mass is 11.2. The molecule has 0 rings (SSSR count). The zero-order valence-corrected chi connectivity index (χ0v) is 6.33. The van der Waals surface area contributed by atoms with E-state index in [1.165, 1.54) is 12.5 Å². The largest absolute Gasteiger partial charge is 0.593 e. The van der Waals surface area contributed by atoms with Crippen LogP contribution in [0.4, 0.5) is 0 Å². The van der Waals surface area contributed by atoms with Gasteiger partial charge in [-0.05, 0) is 0 Å². The topological polar surface area (TPSA) is 86.3 Å². The number of nitrogens with zero attached hydrogens (tertiary/aromatic N) is 2. The second-order valence-electron chi connectivity index (χ2n) is 1.78. The van der Waals surface area contributed by atoms with Gasteiger partial charge in [0.25, 0.3) is 0 Å². The second-order valence-corrected chi connectivity index (χ2v) is 3.96. The Morgan fingerprint density at radius 3 is 1.50 bits per heavy atom. The van der Waals surface area contributed by atoms with Crippen LogP contribution in [0.1, 0.15) is 0 Å². The van der Waals surface area contributed by atoms with Gasteiger partial charge in [-0.2, -0.15) is 0 Å². The third-order valence-electron chi connectivity index (χ3n) is 0.782. The Balaban J connectivity index is 4.27. The lowest BCUT2D eigenvalue weighted by molar-refractivity contribution is -0.711. The molecule has 6 nitrogen and oxygen atoms in total. The van der Waals surface area contributed by atoms with Gasteiger partial charge in [-0.3, -0.25) is 20.2 Å². The van der Waals surface area contributed by atoms with Gasteiger partial charge in [0.05, 0.1) is 0 Å². The van der Waals surface area contributed by atoms with Crippen LogP contribution in [0, 0.1) is 20.2 Å². The Morgan fingerprint density at radius 1 is 1.20 bits per heavy atom. The minimum atomic E-state index is -1.64. The summed E-state index contributed by atoms with van der Waals surface area (Å²) in [5.74, 6) is 0. The standard InChI is InChI=1S/C3H7N2O4S/c1-10(2)3(4(6)7)5(8)9/h3H,1-2H3/q+1. The minimum Gasteiger partial charge on any atom is -0.254 e. The molecule has 0 N–H and O–H groups in total. The van der Waals surface area contributed by atoms with Crippen molar-refractivity contribution in [2.24, 2.45) is 0 Å². The number of rotatable bonds is 3. The summed E-state index contributed by atoms with van der Waals surface area (Å²) >= 11 is 0. The first-order valence-corrected chi connectivity index (χ1v) is 4.40. The van der Waals surface area contributed by atoms with Crippen molar-refractivity contribution in [1.82, 2.24) is 0 Å². The van der Waals surface area contributed by atoms with Crippen LogP contribution in [-0.4, -0.2) is 27.9 Å². The molecule has 0 amide bonds. The maximum Gasteiger partial charge on any atom is 0.593 e. The summed E-state index contributed by atoms with van der Waals surface area (Å²) in [4.78, 5) is 18.2. The minimum absolute atomic E-state index is 0.812. The van der Waals surface area contributed by atoms with E-state index < -0.39 is 26.2 Å². The van der Waals surface area contributed by atoms with E-state index in [1.54, 1.807) is 0 Å². The molecule has 0 aliphatic heterocycles. The molecule has 0 aromatic carbocycles. The van der Waals surface area contributed by atoms with Crippen molar-refractivity contribution >= 4 is 10.9 Å². The van der Waals surface area contributed by atoms with E-state index in [1.807, 2.05) is 0 Å². The van der Waals surface area contributed by atoms with Crippen LogP contribution in [-0.2, 0) is 10.9 Å². The first-order chi connectivity index (χ1) is 4.46.